The number of hydrogen-bond acceptors (Lipinski definition) is 4. The van der Waals surface area contributed by atoms with E-state index < -0.39 is 10.0 Å². The van der Waals surface area contributed by atoms with E-state index in [9.17, 15) is 8.42 Å². The molecule has 0 fully saturated rings. The van der Waals surface area contributed by atoms with Gasteiger partial charge in [0.1, 0.15) is 0 Å². The lowest BCUT2D eigenvalue weighted by molar-refractivity contribution is 0.277. The number of sulfonamides is 1. The predicted octanol–water partition coefficient (Wildman–Crippen LogP) is 1.71. The molecule has 0 unspecified atom stereocenters. The highest BCUT2D eigenvalue weighted by atomic mass is 32.2. The fraction of sp³-hybridized carbons (Fsp3) is 0.667. The first-order chi connectivity index (χ1) is 9.10. The number of aromatic amines is 1. The number of aromatic nitrogens is 1. The minimum atomic E-state index is -3.44. The summed E-state index contributed by atoms with van der Waals surface area (Å²) in [5.74, 6) is 1.17. The molecule has 5 nitrogen and oxygen atoms in total. The number of aliphatic hydroxyl groups excluding tert-OH is 1. The third-order valence-corrected chi connectivity index (χ3v) is 4.90. The molecule has 1 aromatic rings. The van der Waals surface area contributed by atoms with Crippen LogP contribution in [0.3, 0.4) is 0 Å². The van der Waals surface area contributed by atoms with Crippen molar-refractivity contribution in [1.82, 2.24) is 9.71 Å². The minimum absolute atomic E-state index is 0.180. The molecule has 7 heteroatoms. The summed E-state index contributed by atoms with van der Waals surface area (Å²) >= 11 is 1.84. The Labute approximate surface area is 119 Å². The van der Waals surface area contributed by atoms with Gasteiger partial charge in [0.2, 0.25) is 10.0 Å². The summed E-state index contributed by atoms with van der Waals surface area (Å²) < 4.78 is 26.3. The van der Waals surface area contributed by atoms with Gasteiger partial charge in [0, 0.05) is 18.4 Å². The quantitative estimate of drug-likeness (QED) is 0.575. The molecule has 1 aromatic heterocycles. The zero-order valence-electron chi connectivity index (χ0n) is 11.2. The Morgan fingerprint density at radius 1 is 1.32 bits per heavy atom. The monoisotopic (exact) mass is 306 g/mol. The van der Waals surface area contributed by atoms with Gasteiger partial charge in [-0.15, -0.1) is 0 Å². The van der Waals surface area contributed by atoms with Crippen LogP contribution in [-0.2, 0) is 16.6 Å². The standard InChI is InChI=1S/C12H22N2O3S2/c1-18-7-5-3-2-4-6-14-19(16,17)12-8-11(10-15)13-9-12/h8-9,13-15H,2-7,10H2,1H3. The van der Waals surface area contributed by atoms with Crippen LogP contribution in [-0.4, -0.2) is 37.1 Å². The van der Waals surface area contributed by atoms with E-state index in [4.69, 9.17) is 5.11 Å². The second-order valence-corrected chi connectivity index (χ2v) is 7.08. The van der Waals surface area contributed by atoms with Gasteiger partial charge in [-0.3, -0.25) is 0 Å². The summed E-state index contributed by atoms with van der Waals surface area (Å²) in [5.41, 5.74) is 0.498. The first-order valence-corrected chi connectivity index (χ1v) is 9.24. The summed E-state index contributed by atoms with van der Waals surface area (Å²) in [7, 11) is -3.44. The number of hydrogen-bond donors (Lipinski definition) is 3. The number of rotatable bonds is 10. The van der Waals surface area contributed by atoms with Crippen LogP contribution in [0.25, 0.3) is 0 Å². The Kier molecular flexibility index (Phi) is 7.52. The van der Waals surface area contributed by atoms with Crippen LogP contribution in [0.5, 0.6) is 0 Å². The molecule has 1 rings (SSSR count). The lowest BCUT2D eigenvalue weighted by Gasteiger charge is -2.04. The van der Waals surface area contributed by atoms with E-state index in [0.717, 1.165) is 19.3 Å². The SMILES string of the molecule is CSCCCCCCNS(=O)(=O)c1c[nH]c(CO)c1. The number of unbranched alkanes of at least 4 members (excludes halogenated alkanes) is 3. The maximum Gasteiger partial charge on any atom is 0.242 e. The summed E-state index contributed by atoms with van der Waals surface area (Å²) in [4.78, 5) is 2.89. The van der Waals surface area contributed by atoms with Crippen molar-refractivity contribution in [3.05, 3.63) is 18.0 Å². The van der Waals surface area contributed by atoms with Crippen LogP contribution in [0.2, 0.25) is 0 Å². The van der Waals surface area contributed by atoms with Gasteiger partial charge in [-0.25, -0.2) is 13.1 Å². The lowest BCUT2D eigenvalue weighted by Crippen LogP contribution is -2.24. The van der Waals surface area contributed by atoms with E-state index in [-0.39, 0.29) is 11.5 Å². The van der Waals surface area contributed by atoms with Crippen LogP contribution < -0.4 is 4.72 Å². The van der Waals surface area contributed by atoms with Gasteiger partial charge in [0.15, 0.2) is 0 Å². The zero-order chi connectivity index (χ0) is 14.1. The Morgan fingerprint density at radius 2 is 2.05 bits per heavy atom. The lowest BCUT2D eigenvalue weighted by atomic mass is 10.2. The molecule has 19 heavy (non-hydrogen) atoms. The molecule has 0 aromatic carbocycles. The zero-order valence-corrected chi connectivity index (χ0v) is 12.8. The van der Waals surface area contributed by atoms with Gasteiger partial charge < -0.3 is 10.1 Å². The summed E-state index contributed by atoms with van der Waals surface area (Å²) in [6.45, 7) is 0.270. The van der Waals surface area contributed by atoms with Gasteiger partial charge >= 0.3 is 0 Å². The summed E-state index contributed by atoms with van der Waals surface area (Å²) in [6.07, 6.45) is 7.70. The number of nitrogens with one attached hydrogen (secondary N) is 2. The molecular formula is C12H22N2O3S2. The molecule has 0 spiro atoms. The number of H-pyrrole nitrogens is 1. The highest BCUT2D eigenvalue weighted by Crippen LogP contribution is 2.11. The van der Waals surface area contributed by atoms with Crippen molar-refractivity contribution in [3.8, 4) is 0 Å². The maximum absolute atomic E-state index is 11.9. The van der Waals surface area contributed by atoms with E-state index in [2.05, 4.69) is 16.0 Å². The predicted molar refractivity (Wildman–Crippen MR) is 78.8 cm³/mol. The molecular weight excluding hydrogens is 284 g/mol. The van der Waals surface area contributed by atoms with Crippen LogP contribution in [0.1, 0.15) is 31.4 Å². The van der Waals surface area contributed by atoms with Gasteiger partial charge in [-0.05, 0) is 30.9 Å². The van der Waals surface area contributed by atoms with Crippen molar-refractivity contribution >= 4 is 21.8 Å². The summed E-state index contributed by atoms with van der Waals surface area (Å²) in [5, 5.41) is 8.89. The molecule has 0 aliphatic heterocycles. The molecule has 0 amide bonds. The van der Waals surface area contributed by atoms with Crippen molar-refractivity contribution in [1.29, 1.82) is 0 Å². The van der Waals surface area contributed by atoms with Crippen molar-refractivity contribution in [3.63, 3.8) is 0 Å². The van der Waals surface area contributed by atoms with E-state index in [0.29, 0.717) is 12.2 Å². The van der Waals surface area contributed by atoms with Gasteiger partial charge in [0.05, 0.1) is 11.5 Å². The van der Waals surface area contributed by atoms with E-state index in [1.54, 1.807) is 0 Å². The molecule has 1 heterocycles. The molecule has 0 aliphatic rings. The van der Waals surface area contributed by atoms with E-state index in [1.165, 1.54) is 24.4 Å². The molecule has 0 bridgehead atoms. The van der Waals surface area contributed by atoms with Gasteiger partial charge in [0.25, 0.3) is 0 Å². The highest BCUT2D eigenvalue weighted by molar-refractivity contribution is 7.98. The average Bonchev–Trinajstić information content (AvgIpc) is 2.87. The van der Waals surface area contributed by atoms with Crippen molar-refractivity contribution in [2.45, 2.75) is 37.2 Å². The van der Waals surface area contributed by atoms with Crippen molar-refractivity contribution in [2.24, 2.45) is 0 Å². The highest BCUT2D eigenvalue weighted by Gasteiger charge is 2.14. The fourth-order valence-electron chi connectivity index (χ4n) is 1.68. The smallest absolute Gasteiger partial charge is 0.242 e. The van der Waals surface area contributed by atoms with Gasteiger partial charge in [-0.1, -0.05) is 12.8 Å². The molecule has 0 saturated heterocycles. The topological polar surface area (TPSA) is 82.2 Å². The normalized spacial score (nSPS) is 11.9. The van der Waals surface area contributed by atoms with Crippen LogP contribution >= 0.6 is 11.8 Å². The molecule has 0 radical (unpaired) electrons. The Balaban J connectivity index is 2.27. The number of aliphatic hydroxyl groups is 1. The van der Waals surface area contributed by atoms with Crippen LogP contribution in [0.15, 0.2) is 17.2 Å². The maximum atomic E-state index is 11.9. The minimum Gasteiger partial charge on any atom is -0.390 e. The molecule has 0 aliphatic carbocycles. The fourth-order valence-corrected chi connectivity index (χ4v) is 3.26. The number of thioether (sulfide) groups is 1. The molecule has 0 atom stereocenters. The van der Waals surface area contributed by atoms with Crippen LogP contribution in [0.4, 0.5) is 0 Å². The third kappa shape index (κ3) is 5.99. The summed E-state index contributed by atoms with van der Waals surface area (Å²) in [6, 6.07) is 1.45. The first kappa shape index (κ1) is 16.6. The first-order valence-electron chi connectivity index (χ1n) is 6.37. The second kappa shape index (κ2) is 8.63. The Bertz CT molecular complexity index is 457. The van der Waals surface area contributed by atoms with E-state index >= 15 is 0 Å². The Morgan fingerprint density at radius 3 is 2.68 bits per heavy atom. The Hall–Kier alpha value is -0.500. The van der Waals surface area contributed by atoms with E-state index in [1.807, 2.05) is 11.8 Å². The van der Waals surface area contributed by atoms with Crippen molar-refractivity contribution < 1.29 is 13.5 Å². The second-order valence-electron chi connectivity index (χ2n) is 4.32. The molecule has 3 N–H and O–H groups in total. The third-order valence-electron chi connectivity index (χ3n) is 2.76. The molecule has 110 valence electrons. The van der Waals surface area contributed by atoms with Crippen LogP contribution in [0, 0.1) is 0 Å². The van der Waals surface area contributed by atoms with Crippen molar-refractivity contribution in [2.75, 3.05) is 18.6 Å². The largest absolute Gasteiger partial charge is 0.390 e. The molecule has 0 saturated carbocycles. The average molecular weight is 306 g/mol. The van der Waals surface area contributed by atoms with Gasteiger partial charge in [-0.2, -0.15) is 11.8 Å².